The van der Waals surface area contributed by atoms with Gasteiger partial charge in [-0.2, -0.15) is 4.98 Å². The summed E-state index contributed by atoms with van der Waals surface area (Å²) in [5, 5.41) is 0.221. The zero-order valence-corrected chi connectivity index (χ0v) is 11.4. The second-order valence-corrected chi connectivity index (χ2v) is 4.84. The van der Waals surface area contributed by atoms with Crippen molar-refractivity contribution in [3.05, 3.63) is 34.5 Å². The van der Waals surface area contributed by atoms with Gasteiger partial charge in [-0.1, -0.05) is 11.6 Å². The molecule has 20 heavy (non-hydrogen) atoms. The fourth-order valence-electron chi connectivity index (χ4n) is 2.03. The van der Waals surface area contributed by atoms with E-state index in [1.807, 2.05) is 6.92 Å². The van der Waals surface area contributed by atoms with Gasteiger partial charge in [-0.15, -0.1) is 0 Å². The molecule has 1 amide bonds. The lowest BCUT2D eigenvalue weighted by Gasteiger charge is -2.15. The quantitative estimate of drug-likeness (QED) is 0.825. The smallest absolute Gasteiger partial charge is 0.233 e. The third-order valence-corrected chi connectivity index (χ3v) is 3.30. The molecule has 3 heterocycles. The lowest BCUT2D eigenvalue weighted by Crippen LogP contribution is -2.27. The number of nitrogens with zero attached hydrogens (tertiary/aromatic N) is 5. The normalized spacial score (nSPS) is 13.7. The number of fused-ring (bicyclic) bond motifs is 1. The zero-order chi connectivity index (χ0) is 14.3. The largest absolute Gasteiger partial charge is 0.368 e. The molecule has 1 aliphatic rings. The summed E-state index contributed by atoms with van der Waals surface area (Å²) in [6, 6.07) is 0. The molecule has 0 atom stereocenters. The number of anilines is 2. The van der Waals surface area contributed by atoms with E-state index in [-0.39, 0.29) is 30.0 Å². The van der Waals surface area contributed by atoms with Crippen molar-refractivity contribution in [2.75, 3.05) is 10.6 Å². The number of hydrogen-bond acceptors (Lipinski definition) is 6. The number of hydrogen-bond donors (Lipinski definition) is 1. The Morgan fingerprint density at radius 2 is 2.15 bits per heavy atom. The number of halogens is 1. The van der Waals surface area contributed by atoms with Crippen molar-refractivity contribution in [2.45, 2.75) is 19.9 Å². The first kappa shape index (κ1) is 12.7. The molecule has 2 aromatic rings. The average Bonchev–Trinajstić information content (AvgIpc) is 2.70. The van der Waals surface area contributed by atoms with Crippen molar-refractivity contribution in [3.63, 3.8) is 0 Å². The van der Waals surface area contributed by atoms with E-state index < -0.39 is 0 Å². The Morgan fingerprint density at radius 3 is 2.85 bits per heavy atom. The molecule has 2 aromatic heterocycles. The van der Waals surface area contributed by atoms with Crippen LogP contribution in [0.1, 0.15) is 17.0 Å². The summed E-state index contributed by atoms with van der Waals surface area (Å²) in [5.74, 6) is 0.391. The highest BCUT2D eigenvalue weighted by molar-refractivity contribution is 6.31. The molecular formula is C12H11ClN6O. The van der Waals surface area contributed by atoms with E-state index >= 15 is 0 Å². The van der Waals surface area contributed by atoms with Gasteiger partial charge < -0.3 is 5.73 Å². The predicted octanol–water partition coefficient (Wildman–Crippen LogP) is 0.900. The first-order valence-electron chi connectivity index (χ1n) is 5.94. The van der Waals surface area contributed by atoms with E-state index in [4.69, 9.17) is 17.3 Å². The summed E-state index contributed by atoms with van der Waals surface area (Å²) in [5.41, 5.74) is 7.67. The van der Waals surface area contributed by atoms with Gasteiger partial charge >= 0.3 is 0 Å². The zero-order valence-electron chi connectivity index (χ0n) is 10.7. The van der Waals surface area contributed by atoms with Gasteiger partial charge in [-0.25, -0.2) is 4.98 Å². The molecule has 0 saturated carbocycles. The van der Waals surface area contributed by atoms with Crippen molar-refractivity contribution < 1.29 is 4.79 Å². The Morgan fingerprint density at radius 1 is 1.35 bits per heavy atom. The van der Waals surface area contributed by atoms with Crippen LogP contribution in [0.4, 0.5) is 11.8 Å². The number of carbonyl (C=O) groups is 1. The number of aryl methyl sites for hydroxylation is 1. The van der Waals surface area contributed by atoms with Crippen molar-refractivity contribution >= 4 is 29.3 Å². The van der Waals surface area contributed by atoms with E-state index in [1.165, 1.54) is 4.90 Å². The third kappa shape index (κ3) is 2.16. The SMILES string of the molecule is Cc1cnc(CN2C(=O)Cc3c(Cl)nc(N)nc32)cn1. The molecule has 102 valence electrons. The number of rotatable bonds is 2. The van der Waals surface area contributed by atoms with E-state index in [0.717, 1.165) is 5.69 Å². The van der Waals surface area contributed by atoms with Gasteiger partial charge in [-0.3, -0.25) is 19.7 Å². The van der Waals surface area contributed by atoms with E-state index in [0.29, 0.717) is 17.1 Å². The van der Waals surface area contributed by atoms with Gasteiger partial charge in [-0.05, 0) is 6.92 Å². The van der Waals surface area contributed by atoms with Crippen LogP contribution in [0.3, 0.4) is 0 Å². The molecular weight excluding hydrogens is 280 g/mol. The maximum Gasteiger partial charge on any atom is 0.233 e. The monoisotopic (exact) mass is 290 g/mol. The number of nitrogens with two attached hydrogens (primary N) is 1. The number of carbonyl (C=O) groups excluding carboxylic acids is 1. The maximum absolute atomic E-state index is 12.1. The van der Waals surface area contributed by atoms with Gasteiger partial charge in [0, 0.05) is 11.8 Å². The fraction of sp³-hybridized carbons (Fsp3) is 0.250. The Labute approximate surface area is 119 Å². The molecule has 0 bridgehead atoms. The van der Waals surface area contributed by atoms with Gasteiger partial charge in [0.15, 0.2) is 0 Å². The van der Waals surface area contributed by atoms with Crippen LogP contribution in [0.5, 0.6) is 0 Å². The van der Waals surface area contributed by atoms with Crippen LogP contribution in [0.25, 0.3) is 0 Å². The summed E-state index contributed by atoms with van der Waals surface area (Å²) in [4.78, 5) is 29.9. The highest BCUT2D eigenvalue weighted by atomic mass is 35.5. The second kappa shape index (κ2) is 4.68. The first-order valence-corrected chi connectivity index (χ1v) is 6.32. The standard InChI is InChI=1S/C12H11ClN6O/c1-6-3-16-7(4-15-6)5-19-9(20)2-8-10(13)17-12(14)18-11(8)19/h3-4H,2,5H2,1H3,(H2,14,17,18). The molecule has 8 heteroatoms. The Kier molecular flexibility index (Phi) is 2.98. The lowest BCUT2D eigenvalue weighted by molar-refractivity contribution is -0.117. The van der Waals surface area contributed by atoms with Crippen LogP contribution in [0.15, 0.2) is 12.4 Å². The minimum absolute atomic E-state index is 0.0449. The van der Waals surface area contributed by atoms with Gasteiger partial charge in [0.05, 0.1) is 30.6 Å². The van der Waals surface area contributed by atoms with Crippen LogP contribution < -0.4 is 10.6 Å². The minimum atomic E-state index is -0.107. The summed E-state index contributed by atoms with van der Waals surface area (Å²) in [6.45, 7) is 2.13. The number of aromatic nitrogens is 4. The van der Waals surface area contributed by atoms with E-state index in [1.54, 1.807) is 12.4 Å². The van der Waals surface area contributed by atoms with Crippen molar-refractivity contribution in [3.8, 4) is 0 Å². The third-order valence-electron chi connectivity index (χ3n) is 2.99. The molecule has 0 aromatic carbocycles. The maximum atomic E-state index is 12.1. The summed E-state index contributed by atoms with van der Waals surface area (Å²) < 4.78 is 0. The number of nitrogen functional groups attached to an aromatic ring is 1. The Balaban J connectivity index is 1.96. The molecule has 0 radical (unpaired) electrons. The van der Waals surface area contributed by atoms with Crippen LogP contribution in [0, 0.1) is 6.92 Å². The molecule has 2 N–H and O–H groups in total. The van der Waals surface area contributed by atoms with E-state index in [9.17, 15) is 4.79 Å². The molecule has 7 nitrogen and oxygen atoms in total. The second-order valence-electron chi connectivity index (χ2n) is 4.48. The summed E-state index contributed by atoms with van der Waals surface area (Å²) >= 11 is 5.99. The Bertz CT molecular complexity index is 687. The Hall–Kier alpha value is -2.28. The topological polar surface area (TPSA) is 97.9 Å². The molecule has 3 rings (SSSR count). The lowest BCUT2D eigenvalue weighted by atomic mass is 10.3. The van der Waals surface area contributed by atoms with Crippen molar-refractivity contribution in [2.24, 2.45) is 0 Å². The predicted molar refractivity (Wildman–Crippen MR) is 73.1 cm³/mol. The molecule has 0 spiro atoms. The molecule has 0 aliphatic carbocycles. The van der Waals surface area contributed by atoms with Crippen LogP contribution in [-0.2, 0) is 17.8 Å². The van der Waals surface area contributed by atoms with Crippen molar-refractivity contribution in [1.29, 1.82) is 0 Å². The molecule has 0 fully saturated rings. The van der Waals surface area contributed by atoms with Crippen molar-refractivity contribution in [1.82, 2.24) is 19.9 Å². The average molecular weight is 291 g/mol. The molecule has 1 aliphatic heterocycles. The summed E-state index contributed by atoms with van der Waals surface area (Å²) in [7, 11) is 0. The highest BCUT2D eigenvalue weighted by Gasteiger charge is 2.32. The van der Waals surface area contributed by atoms with Crippen LogP contribution in [-0.4, -0.2) is 25.8 Å². The van der Waals surface area contributed by atoms with E-state index in [2.05, 4.69) is 19.9 Å². The molecule has 0 unspecified atom stereocenters. The van der Waals surface area contributed by atoms with Crippen LogP contribution in [0.2, 0.25) is 5.15 Å². The van der Waals surface area contributed by atoms with Gasteiger partial charge in [0.2, 0.25) is 11.9 Å². The highest BCUT2D eigenvalue weighted by Crippen LogP contribution is 2.32. The number of amides is 1. The summed E-state index contributed by atoms with van der Waals surface area (Å²) in [6.07, 6.45) is 3.46. The minimum Gasteiger partial charge on any atom is -0.368 e. The van der Waals surface area contributed by atoms with Crippen LogP contribution >= 0.6 is 11.6 Å². The van der Waals surface area contributed by atoms with Gasteiger partial charge in [0.25, 0.3) is 0 Å². The fourth-order valence-corrected chi connectivity index (χ4v) is 2.27. The van der Waals surface area contributed by atoms with Gasteiger partial charge in [0.1, 0.15) is 11.0 Å². The first-order chi connectivity index (χ1) is 9.54. The molecule has 0 saturated heterocycles.